The zero-order chi connectivity index (χ0) is 12.0. The first kappa shape index (κ1) is 14.3. The van der Waals surface area contributed by atoms with E-state index in [0.29, 0.717) is 6.04 Å². The molecule has 0 saturated heterocycles. The molecule has 0 aliphatic heterocycles. The Hall–Kier alpha value is 0.270. The quantitative estimate of drug-likeness (QED) is 0.727. The highest BCUT2D eigenvalue weighted by molar-refractivity contribution is 7.99. The third-order valence-electron chi connectivity index (χ3n) is 3.56. The van der Waals surface area contributed by atoms with Crippen LogP contribution in [0.1, 0.15) is 33.1 Å². The predicted molar refractivity (Wildman–Crippen MR) is 73.1 cm³/mol. The lowest BCUT2D eigenvalue weighted by Crippen LogP contribution is -2.45. The van der Waals surface area contributed by atoms with Crippen molar-refractivity contribution in [1.82, 2.24) is 5.32 Å². The molecule has 0 amide bonds. The SMILES string of the molecule is CNC1CC(C)CC(C)C1SCCCOC. The van der Waals surface area contributed by atoms with Crippen molar-refractivity contribution in [3.63, 3.8) is 0 Å². The van der Waals surface area contributed by atoms with Gasteiger partial charge in [0.2, 0.25) is 0 Å². The fraction of sp³-hybridized carbons (Fsp3) is 1.00. The maximum absolute atomic E-state index is 5.10. The largest absolute Gasteiger partial charge is 0.385 e. The van der Waals surface area contributed by atoms with Crippen LogP contribution in [0, 0.1) is 11.8 Å². The second-order valence-corrected chi connectivity index (χ2v) is 6.42. The molecule has 0 aromatic carbocycles. The highest BCUT2D eigenvalue weighted by Crippen LogP contribution is 2.36. The van der Waals surface area contributed by atoms with E-state index in [2.05, 4.69) is 38.0 Å². The summed E-state index contributed by atoms with van der Waals surface area (Å²) in [7, 11) is 3.89. The Bertz CT molecular complexity index is 189. The van der Waals surface area contributed by atoms with E-state index in [1.165, 1.54) is 25.0 Å². The van der Waals surface area contributed by atoms with Crippen LogP contribution in [-0.2, 0) is 4.74 Å². The van der Waals surface area contributed by atoms with Gasteiger partial charge in [-0.3, -0.25) is 0 Å². The molecule has 1 aliphatic carbocycles. The van der Waals surface area contributed by atoms with Gasteiger partial charge in [0.25, 0.3) is 0 Å². The van der Waals surface area contributed by atoms with Gasteiger partial charge in [-0.05, 0) is 43.9 Å². The summed E-state index contributed by atoms with van der Waals surface area (Å²) in [5.41, 5.74) is 0. The first-order valence-corrected chi connectivity index (χ1v) is 7.51. The lowest BCUT2D eigenvalue weighted by molar-refractivity contribution is 0.200. The zero-order valence-corrected chi connectivity index (χ0v) is 12.0. The number of hydrogen-bond donors (Lipinski definition) is 1. The summed E-state index contributed by atoms with van der Waals surface area (Å²) in [6.45, 7) is 5.69. The average Bonchev–Trinajstić information content (AvgIpc) is 2.26. The highest BCUT2D eigenvalue weighted by atomic mass is 32.2. The van der Waals surface area contributed by atoms with Crippen LogP contribution in [0.5, 0.6) is 0 Å². The fourth-order valence-corrected chi connectivity index (χ4v) is 4.29. The van der Waals surface area contributed by atoms with Crippen LogP contribution in [-0.4, -0.2) is 37.8 Å². The van der Waals surface area contributed by atoms with Crippen molar-refractivity contribution in [3.05, 3.63) is 0 Å². The zero-order valence-electron chi connectivity index (χ0n) is 11.2. The Morgan fingerprint density at radius 2 is 2.06 bits per heavy atom. The van der Waals surface area contributed by atoms with Crippen molar-refractivity contribution in [1.29, 1.82) is 0 Å². The first-order chi connectivity index (χ1) is 7.69. The molecule has 0 spiro atoms. The molecule has 0 aromatic heterocycles. The lowest BCUT2D eigenvalue weighted by Gasteiger charge is -2.39. The molecule has 1 saturated carbocycles. The molecule has 16 heavy (non-hydrogen) atoms. The number of rotatable bonds is 6. The van der Waals surface area contributed by atoms with Crippen molar-refractivity contribution in [2.75, 3.05) is 26.5 Å². The highest BCUT2D eigenvalue weighted by Gasteiger charge is 2.32. The Labute approximate surface area is 105 Å². The Morgan fingerprint density at radius 3 is 2.69 bits per heavy atom. The average molecular weight is 245 g/mol. The Balaban J connectivity index is 2.35. The van der Waals surface area contributed by atoms with Crippen LogP contribution in [0.3, 0.4) is 0 Å². The number of hydrogen-bond acceptors (Lipinski definition) is 3. The number of ether oxygens (including phenoxy) is 1. The third kappa shape index (κ3) is 4.27. The fourth-order valence-electron chi connectivity index (χ4n) is 2.81. The van der Waals surface area contributed by atoms with Gasteiger partial charge in [-0.25, -0.2) is 0 Å². The molecule has 1 rings (SSSR count). The summed E-state index contributed by atoms with van der Waals surface area (Å²) in [5, 5.41) is 4.29. The molecular formula is C13H27NOS. The van der Waals surface area contributed by atoms with Gasteiger partial charge in [-0.15, -0.1) is 0 Å². The van der Waals surface area contributed by atoms with Gasteiger partial charge in [0.15, 0.2) is 0 Å². The second kappa shape index (κ2) is 7.57. The van der Waals surface area contributed by atoms with E-state index >= 15 is 0 Å². The molecule has 3 heteroatoms. The topological polar surface area (TPSA) is 21.3 Å². The molecule has 1 aliphatic rings. The molecule has 4 atom stereocenters. The molecule has 1 fully saturated rings. The molecule has 4 unspecified atom stereocenters. The van der Waals surface area contributed by atoms with Gasteiger partial charge in [-0.2, -0.15) is 11.8 Å². The Morgan fingerprint density at radius 1 is 1.31 bits per heavy atom. The van der Waals surface area contributed by atoms with Crippen LogP contribution in [0.25, 0.3) is 0 Å². The third-order valence-corrected chi connectivity index (χ3v) is 5.26. The molecule has 0 radical (unpaired) electrons. The van der Waals surface area contributed by atoms with Gasteiger partial charge < -0.3 is 10.1 Å². The smallest absolute Gasteiger partial charge is 0.0470 e. The van der Waals surface area contributed by atoms with E-state index < -0.39 is 0 Å². The summed E-state index contributed by atoms with van der Waals surface area (Å²) in [4.78, 5) is 0. The molecule has 0 aromatic rings. The number of thioether (sulfide) groups is 1. The Kier molecular flexibility index (Phi) is 6.78. The van der Waals surface area contributed by atoms with Crippen LogP contribution >= 0.6 is 11.8 Å². The summed E-state index contributed by atoms with van der Waals surface area (Å²) in [6, 6.07) is 0.700. The maximum Gasteiger partial charge on any atom is 0.0470 e. The summed E-state index contributed by atoms with van der Waals surface area (Å²) >= 11 is 2.14. The van der Waals surface area contributed by atoms with Crippen LogP contribution in [0.2, 0.25) is 0 Å². The van der Waals surface area contributed by atoms with E-state index in [-0.39, 0.29) is 0 Å². The normalized spacial score (nSPS) is 35.2. The summed E-state index contributed by atoms with van der Waals surface area (Å²) < 4.78 is 5.10. The van der Waals surface area contributed by atoms with Crippen LogP contribution in [0.4, 0.5) is 0 Å². The van der Waals surface area contributed by atoms with Crippen molar-refractivity contribution < 1.29 is 4.74 Å². The predicted octanol–water partition coefficient (Wildman–Crippen LogP) is 2.78. The number of methoxy groups -OCH3 is 1. The first-order valence-electron chi connectivity index (χ1n) is 6.46. The van der Waals surface area contributed by atoms with Gasteiger partial charge in [0.05, 0.1) is 0 Å². The maximum atomic E-state index is 5.10. The van der Waals surface area contributed by atoms with Gasteiger partial charge >= 0.3 is 0 Å². The minimum atomic E-state index is 0.700. The molecule has 2 nitrogen and oxygen atoms in total. The van der Waals surface area contributed by atoms with E-state index in [4.69, 9.17) is 4.74 Å². The standard InChI is InChI=1S/C13H27NOS/c1-10-8-11(2)13(12(9-10)14-3)16-7-5-6-15-4/h10-14H,5-9H2,1-4H3. The van der Waals surface area contributed by atoms with Crippen molar-refractivity contribution in [2.24, 2.45) is 11.8 Å². The monoisotopic (exact) mass is 245 g/mol. The van der Waals surface area contributed by atoms with Crippen molar-refractivity contribution >= 4 is 11.8 Å². The minimum Gasteiger partial charge on any atom is -0.385 e. The van der Waals surface area contributed by atoms with E-state index in [1.54, 1.807) is 7.11 Å². The van der Waals surface area contributed by atoms with Crippen molar-refractivity contribution in [3.8, 4) is 0 Å². The molecule has 96 valence electrons. The second-order valence-electron chi connectivity index (χ2n) is 5.13. The van der Waals surface area contributed by atoms with Gasteiger partial charge in [0.1, 0.15) is 0 Å². The van der Waals surface area contributed by atoms with E-state index in [0.717, 1.165) is 23.7 Å². The molecular weight excluding hydrogens is 218 g/mol. The summed E-state index contributed by atoms with van der Waals surface area (Å²) in [6.07, 6.45) is 3.90. The van der Waals surface area contributed by atoms with Crippen LogP contribution in [0.15, 0.2) is 0 Å². The summed E-state index contributed by atoms with van der Waals surface area (Å²) in [5.74, 6) is 2.95. The van der Waals surface area contributed by atoms with Crippen molar-refractivity contribution in [2.45, 2.75) is 44.4 Å². The molecule has 0 heterocycles. The number of nitrogens with one attached hydrogen (secondary N) is 1. The minimum absolute atomic E-state index is 0.700. The lowest BCUT2D eigenvalue weighted by atomic mass is 9.80. The van der Waals surface area contributed by atoms with Gasteiger partial charge in [-0.1, -0.05) is 13.8 Å². The molecule has 0 bridgehead atoms. The van der Waals surface area contributed by atoms with E-state index in [9.17, 15) is 0 Å². The van der Waals surface area contributed by atoms with Crippen LogP contribution < -0.4 is 5.32 Å². The van der Waals surface area contributed by atoms with E-state index in [1.807, 2.05) is 0 Å². The molecule has 1 N–H and O–H groups in total. The van der Waals surface area contributed by atoms with Gasteiger partial charge in [0, 0.05) is 25.0 Å².